The van der Waals surface area contributed by atoms with Crippen molar-refractivity contribution in [2.24, 2.45) is 0 Å². The third-order valence-electron chi connectivity index (χ3n) is 7.65. The third-order valence-corrected chi connectivity index (χ3v) is 9.69. The van der Waals surface area contributed by atoms with Crippen molar-refractivity contribution in [1.29, 1.82) is 0 Å². The van der Waals surface area contributed by atoms with E-state index in [0.29, 0.717) is 42.9 Å². The molecule has 38 heavy (non-hydrogen) atoms. The second-order valence-corrected chi connectivity index (χ2v) is 12.4. The van der Waals surface area contributed by atoms with Crippen LogP contribution in [0.1, 0.15) is 56.3 Å². The average molecular weight is 535 g/mol. The van der Waals surface area contributed by atoms with Gasteiger partial charge in [0.2, 0.25) is 0 Å². The fourth-order valence-electron chi connectivity index (χ4n) is 5.52. The normalized spacial score (nSPS) is 17.4. The Morgan fingerprint density at radius 3 is 2.53 bits per heavy atom. The average Bonchev–Trinajstić information content (AvgIpc) is 3.71. The number of hydrogen-bond acceptors (Lipinski definition) is 7. The lowest BCUT2D eigenvalue weighted by Crippen LogP contribution is -2.29. The van der Waals surface area contributed by atoms with Crippen molar-refractivity contribution >= 4 is 15.7 Å². The molecule has 0 bridgehead atoms. The number of benzene rings is 1. The molecule has 0 amide bonds. The number of ether oxygens (including phenoxy) is 1. The van der Waals surface area contributed by atoms with Gasteiger partial charge in [0.25, 0.3) is 10.0 Å². The summed E-state index contributed by atoms with van der Waals surface area (Å²) in [6, 6.07) is 13.8. The predicted molar refractivity (Wildman–Crippen MR) is 146 cm³/mol. The summed E-state index contributed by atoms with van der Waals surface area (Å²) in [6.45, 7) is 4.03. The van der Waals surface area contributed by atoms with E-state index in [0.717, 1.165) is 46.9 Å². The van der Waals surface area contributed by atoms with Crippen molar-refractivity contribution in [1.82, 2.24) is 28.7 Å². The van der Waals surface area contributed by atoms with Crippen LogP contribution in [0.15, 0.2) is 54.9 Å². The zero-order valence-corrected chi connectivity index (χ0v) is 22.4. The Morgan fingerprint density at radius 1 is 0.947 bits per heavy atom. The molecule has 3 aromatic heterocycles. The number of aromatic nitrogens is 5. The van der Waals surface area contributed by atoms with Crippen molar-refractivity contribution in [3.63, 3.8) is 0 Å². The maximum absolute atomic E-state index is 13.1. The summed E-state index contributed by atoms with van der Waals surface area (Å²) >= 11 is 0. The summed E-state index contributed by atoms with van der Waals surface area (Å²) in [5.74, 6) is 1.57. The van der Waals surface area contributed by atoms with E-state index in [2.05, 4.69) is 22.1 Å². The van der Waals surface area contributed by atoms with Crippen LogP contribution in [-0.2, 0) is 16.4 Å². The monoisotopic (exact) mass is 534 g/mol. The highest BCUT2D eigenvalue weighted by atomic mass is 32.2. The molecule has 0 spiro atoms. The largest absolute Gasteiger partial charge is 0.492 e. The van der Waals surface area contributed by atoms with Crippen LogP contribution in [0.5, 0.6) is 5.75 Å². The molecule has 4 heterocycles. The molecule has 1 saturated carbocycles. The van der Waals surface area contributed by atoms with Crippen molar-refractivity contribution < 1.29 is 13.2 Å². The van der Waals surface area contributed by atoms with Crippen LogP contribution in [0.3, 0.4) is 0 Å². The minimum atomic E-state index is -3.50. The Morgan fingerprint density at radius 2 is 1.74 bits per heavy atom. The number of hydrogen-bond donors (Lipinski definition) is 0. The zero-order valence-electron chi connectivity index (χ0n) is 21.6. The van der Waals surface area contributed by atoms with Gasteiger partial charge in [-0.25, -0.2) is 17.9 Å². The molecule has 4 aromatic rings. The van der Waals surface area contributed by atoms with Crippen molar-refractivity contribution in [3.8, 4) is 17.0 Å². The first-order valence-corrected chi connectivity index (χ1v) is 15.1. The minimum absolute atomic E-state index is 0.361. The smallest absolute Gasteiger partial charge is 0.256 e. The van der Waals surface area contributed by atoms with Gasteiger partial charge in [0.15, 0.2) is 11.5 Å². The van der Waals surface area contributed by atoms with Gasteiger partial charge in [0.05, 0.1) is 23.3 Å². The molecule has 2 aliphatic rings. The molecule has 200 valence electrons. The van der Waals surface area contributed by atoms with Gasteiger partial charge in [-0.05, 0) is 68.6 Å². The van der Waals surface area contributed by atoms with E-state index in [9.17, 15) is 8.42 Å². The van der Waals surface area contributed by atoms with E-state index in [1.165, 1.54) is 25.9 Å². The summed E-state index contributed by atoms with van der Waals surface area (Å²) in [5, 5.41) is 8.61. The molecular formula is C28H34N6O3S. The van der Waals surface area contributed by atoms with E-state index in [1.807, 2.05) is 30.3 Å². The van der Waals surface area contributed by atoms with E-state index < -0.39 is 10.0 Å². The molecule has 10 heteroatoms. The first kappa shape index (κ1) is 25.1. The summed E-state index contributed by atoms with van der Waals surface area (Å²) in [5.41, 5.74) is 3.26. The van der Waals surface area contributed by atoms with Gasteiger partial charge in [-0.1, -0.05) is 37.5 Å². The predicted octanol–water partition coefficient (Wildman–Crippen LogP) is 4.17. The van der Waals surface area contributed by atoms with Gasteiger partial charge in [0, 0.05) is 18.5 Å². The zero-order chi connectivity index (χ0) is 26.0. The highest BCUT2D eigenvalue weighted by Crippen LogP contribution is 2.27. The quantitative estimate of drug-likeness (QED) is 0.318. The molecule has 1 aliphatic heterocycles. The van der Waals surface area contributed by atoms with E-state index in [1.54, 1.807) is 16.9 Å². The molecule has 6 rings (SSSR count). The van der Waals surface area contributed by atoms with Gasteiger partial charge >= 0.3 is 0 Å². The SMILES string of the molecule is O=S(=O)(C1CCCCC1)n1cc(-c2cccc3nc(Cc4ccc(OCCN5CCCC5)cc4)nn23)cn1. The molecule has 0 radical (unpaired) electrons. The number of likely N-dealkylation sites (tertiary alicyclic amines) is 1. The Hall–Kier alpha value is -3.24. The Balaban J connectivity index is 1.15. The van der Waals surface area contributed by atoms with Crippen LogP contribution < -0.4 is 4.74 Å². The first-order chi connectivity index (χ1) is 18.6. The van der Waals surface area contributed by atoms with Crippen molar-refractivity contribution in [2.75, 3.05) is 26.2 Å². The number of fused-ring (bicyclic) bond motifs is 1. The molecule has 1 saturated heterocycles. The number of rotatable bonds is 9. The Kier molecular flexibility index (Phi) is 7.16. The summed E-state index contributed by atoms with van der Waals surface area (Å²) in [6.07, 6.45) is 10.8. The van der Waals surface area contributed by atoms with Crippen LogP contribution in [0.25, 0.3) is 16.9 Å². The Bertz CT molecular complexity index is 1480. The summed E-state index contributed by atoms with van der Waals surface area (Å²) in [7, 11) is -3.50. The van der Waals surface area contributed by atoms with Gasteiger partial charge < -0.3 is 4.74 Å². The highest BCUT2D eigenvalue weighted by Gasteiger charge is 2.29. The molecule has 1 aromatic carbocycles. The first-order valence-electron chi connectivity index (χ1n) is 13.6. The van der Waals surface area contributed by atoms with Crippen LogP contribution in [-0.4, -0.2) is 68.6 Å². The van der Waals surface area contributed by atoms with Crippen LogP contribution in [0.2, 0.25) is 0 Å². The maximum atomic E-state index is 13.1. The fraction of sp³-hybridized carbons (Fsp3) is 0.464. The van der Waals surface area contributed by atoms with E-state index >= 15 is 0 Å². The molecule has 0 atom stereocenters. The number of nitrogens with zero attached hydrogens (tertiary/aromatic N) is 6. The topological polar surface area (TPSA) is 94.6 Å². The molecule has 0 unspecified atom stereocenters. The fourth-order valence-corrected chi connectivity index (χ4v) is 7.19. The third kappa shape index (κ3) is 5.33. The summed E-state index contributed by atoms with van der Waals surface area (Å²) < 4.78 is 35.0. The molecular weight excluding hydrogens is 500 g/mol. The maximum Gasteiger partial charge on any atom is 0.256 e. The van der Waals surface area contributed by atoms with Crippen molar-refractivity contribution in [3.05, 3.63) is 66.2 Å². The van der Waals surface area contributed by atoms with E-state index in [4.69, 9.17) is 14.8 Å². The minimum Gasteiger partial charge on any atom is -0.492 e. The van der Waals surface area contributed by atoms with Gasteiger partial charge in [-0.2, -0.15) is 14.3 Å². The second-order valence-electron chi connectivity index (χ2n) is 10.3. The van der Waals surface area contributed by atoms with E-state index in [-0.39, 0.29) is 5.25 Å². The molecule has 1 aliphatic carbocycles. The highest BCUT2D eigenvalue weighted by molar-refractivity contribution is 7.90. The molecule has 0 N–H and O–H groups in total. The van der Waals surface area contributed by atoms with Crippen LogP contribution in [0, 0.1) is 0 Å². The number of pyridine rings is 1. The lowest BCUT2D eigenvalue weighted by Gasteiger charge is -2.21. The van der Waals surface area contributed by atoms with Gasteiger partial charge in [-0.3, -0.25) is 4.90 Å². The lowest BCUT2D eigenvalue weighted by molar-refractivity contribution is 0.238. The van der Waals surface area contributed by atoms with Crippen LogP contribution in [0.4, 0.5) is 0 Å². The second kappa shape index (κ2) is 10.9. The van der Waals surface area contributed by atoms with Gasteiger partial charge in [-0.15, -0.1) is 0 Å². The van der Waals surface area contributed by atoms with Crippen molar-refractivity contribution in [2.45, 2.75) is 56.6 Å². The lowest BCUT2D eigenvalue weighted by atomic mass is 10.0. The molecule has 2 fully saturated rings. The van der Waals surface area contributed by atoms with Gasteiger partial charge in [0.1, 0.15) is 12.4 Å². The van der Waals surface area contributed by atoms with Crippen LogP contribution >= 0.6 is 0 Å². The summed E-state index contributed by atoms with van der Waals surface area (Å²) in [4.78, 5) is 7.15. The molecule has 9 nitrogen and oxygen atoms in total. The standard InChI is InChI=1S/C28H34N6O3S/c35-38(36,25-7-2-1-3-8-25)33-21-23(20-29-33)26-9-6-10-28-30-27(31-34(26)28)19-22-11-13-24(14-12-22)37-18-17-32-15-4-5-16-32/h6,9-14,20-21,25H,1-5,7-8,15-19H2. The Labute approximate surface area is 223 Å².